The van der Waals surface area contributed by atoms with E-state index in [1.165, 1.54) is 6.07 Å². The van der Waals surface area contributed by atoms with Crippen LogP contribution in [0.5, 0.6) is 0 Å². The van der Waals surface area contributed by atoms with Crippen molar-refractivity contribution >= 4 is 15.7 Å². The zero-order chi connectivity index (χ0) is 20.6. The third-order valence-electron chi connectivity index (χ3n) is 5.63. The van der Waals surface area contributed by atoms with Gasteiger partial charge in [0.05, 0.1) is 12.7 Å². The molecule has 0 aliphatic carbocycles. The van der Waals surface area contributed by atoms with E-state index in [4.69, 9.17) is 10.5 Å². The highest BCUT2D eigenvalue weighted by Gasteiger charge is 2.53. The molecule has 0 saturated heterocycles. The number of halogens is 1. The average Bonchev–Trinajstić information content (AvgIpc) is 2.64. The van der Waals surface area contributed by atoms with Gasteiger partial charge in [0.25, 0.3) is 0 Å². The van der Waals surface area contributed by atoms with E-state index < -0.39 is 32.0 Å². The Labute approximate surface area is 165 Å². The first kappa shape index (κ1) is 20.5. The van der Waals surface area contributed by atoms with Crippen molar-refractivity contribution in [1.82, 2.24) is 0 Å². The molecule has 0 radical (unpaired) electrons. The first-order valence-corrected chi connectivity index (χ1v) is 10.9. The van der Waals surface area contributed by atoms with E-state index in [2.05, 4.69) is 4.99 Å². The molecule has 28 heavy (non-hydrogen) atoms. The summed E-state index contributed by atoms with van der Waals surface area (Å²) in [5.74, 6) is -0.460. The second-order valence-corrected chi connectivity index (χ2v) is 10.1. The summed E-state index contributed by atoms with van der Waals surface area (Å²) in [5.41, 5.74) is 6.24. The highest BCUT2D eigenvalue weighted by atomic mass is 32.2. The average molecular weight is 405 g/mol. The van der Waals surface area contributed by atoms with Crippen molar-refractivity contribution in [1.29, 1.82) is 0 Å². The van der Waals surface area contributed by atoms with Crippen molar-refractivity contribution in [2.45, 2.75) is 43.3 Å². The Morgan fingerprint density at radius 3 is 2.36 bits per heavy atom. The van der Waals surface area contributed by atoms with Crippen LogP contribution in [0.25, 0.3) is 0 Å². The van der Waals surface area contributed by atoms with Crippen LogP contribution in [-0.2, 0) is 26.7 Å². The summed E-state index contributed by atoms with van der Waals surface area (Å²) in [7, 11) is -3.56. The fourth-order valence-electron chi connectivity index (χ4n) is 3.54. The smallest absolute Gasteiger partial charge is 0.160 e. The van der Waals surface area contributed by atoms with Gasteiger partial charge >= 0.3 is 0 Å². The Morgan fingerprint density at radius 2 is 1.75 bits per heavy atom. The van der Waals surface area contributed by atoms with Crippen LogP contribution >= 0.6 is 0 Å². The first-order chi connectivity index (χ1) is 13.1. The predicted molar refractivity (Wildman–Crippen MR) is 108 cm³/mol. The summed E-state index contributed by atoms with van der Waals surface area (Å²) >= 11 is 0. The van der Waals surface area contributed by atoms with E-state index >= 15 is 0 Å². The Kier molecular flexibility index (Phi) is 5.34. The standard InChI is InChI=1S/C21H25FN2O3S/c1-20(28(3,25)26)13-18(27-14-15-9-5-4-6-10-15)21(2,24-19(20)23)16-11-7-8-12-17(16)22/h4-12,18H,13-14H2,1-3H3,(H2,23,24)/t18?,20?,21-/m1/s1. The van der Waals surface area contributed by atoms with Gasteiger partial charge in [-0.3, -0.25) is 4.99 Å². The van der Waals surface area contributed by atoms with Gasteiger partial charge in [-0.2, -0.15) is 0 Å². The molecule has 1 aliphatic rings. The number of hydrogen-bond acceptors (Lipinski definition) is 5. The van der Waals surface area contributed by atoms with Gasteiger partial charge in [-0.1, -0.05) is 48.5 Å². The molecule has 3 rings (SSSR count). The third kappa shape index (κ3) is 3.56. The second kappa shape index (κ2) is 7.29. The molecule has 150 valence electrons. The summed E-state index contributed by atoms with van der Waals surface area (Å²) in [5, 5.41) is 0. The maximum atomic E-state index is 14.6. The Balaban J connectivity index is 2.07. The predicted octanol–water partition coefficient (Wildman–Crippen LogP) is 3.19. The van der Waals surface area contributed by atoms with Gasteiger partial charge in [-0.25, -0.2) is 12.8 Å². The SMILES string of the molecule is CC1(S(C)(=O)=O)CC(OCc2ccccc2)[C@@](C)(c2ccccc2F)N=C1N. The van der Waals surface area contributed by atoms with Crippen molar-refractivity contribution in [3.05, 3.63) is 71.5 Å². The molecule has 2 aromatic rings. The molecule has 1 heterocycles. The van der Waals surface area contributed by atoms with Crippen LogP contribution in [0.3, 0.4) is 0 Å². The highest BCUT2D eigenvalue weighted by Crippen LogP contribution is 2.43. The molecule has 7 heteroatoms. The minimum Gasteiger partial charge on any atom is -0.386 e. The number of rotatable bonds is 5. The molecule has 2 N–H and O–H groups in total. The molecular weight excluding hydrogens is 379 g/mol. The van der Waals surface area contributed by atoms with Crippen molar-refractivity contribution in [3.8, 4) is 0 Å². The van der Waals surface area contributed by atoms with Crippen LogP contribution in [0.15, 0.2) is 59.6 Å². The fraction of sp³-hybridized carbons (Fsp3) is 0.381. The fourth-order valence-corrected chi connectivity index (χ4v) is 4.42. The van der Waals surface area contributed by atoms with Crippen LogP contribution < -0.4 is 5.73 Å². The Hall–Kier alpha value is -2.25. The molecule has 0 aromatic heterocycles. The summed E-state index contributed by atoms with van der Waals surface area (Å²) in [6, 6.07) is 15.8. The van der Waals surface area contributed by atoms with E-state index in [0.717, 1.165) is 11.8 Å². The lowest BCUT2D eigenvalue weighted by Crippen LogP contribution is -2.58. The third-order valence-corrected chi connectivity index (χ3v) is 7.64. The lowest BCUT2D eigenvalue weighted by atomic mass is 9.79. The number of nitrogens with zero attached hydrogens (tertiary/aromatic N) is 1. The van der Waals surface area contributed by atoms with Crippen LogP contribution in [0.2, 0.25) is 0 Å². The van der Waals surface area contributed by atoms with Gasteiger partial charge in [-0.05, 0) is 25.5 Å². The summed E-state index contributed by atoms with van der Waals surface area (Å²) in [6.07, 6.45) is 0.533. The lowest BCUT2D eigenvalue weighted by Gasteiger charge is -2.44. The van der Waals surface area contributed by atoms with Gasteiger partial charge in [-0.15, -0.1) is 0 Å². The first-order valence-electron chi connectivity index (χ1n) is 9.04. The molecule has 0 amide bonds. The van der Waals surface area contributed by atoms with Gasteiger partial charge in [0, 0.05) is 18.2 Å². The van der Waals surface area contributed by atoms with Gasteiger partial charge in [0.2, 0.25) is 0 Å². The zero-order valence-electron chi connectivity index (χ0n) is 16.2. The molecule has 0 spiro atoms. The minimum atomic E-state index is -3.56. The highest BCUT2D eigenvalue weighted by molar-refractivity contribution is 7.92. The van der Waals surface area contributed by atoms with Crippen LogP contribution in [-0.4, -0.2) is 31.4 Å². The van der Waals surface area contributed by atoms with Crippen LogP contribution in [0.4, 0.5) is 4.39 Å². The van der Waals surface area contributed by atoms with E-state index in [0.29, 0.717) is 5.56 Å². The number of aliphatic imine (C=N–C) groups is 1. The Bertz CT molecular complexity index is 994. The van der Waals surface area contributed by atoms with E-state index in [9.17, 15) is 12.8 Å². The van der Waals surface area contributed by atoms with Crippen molar-refractivity contribution in [2.24, 2.45) is 10.7 Å². The van der Waals surface area contributed by atoms with Crippen LogP contribution in [0, 0.1) is 5.82 Å². The summed E-state index contributed by atoms with van der Waals surface area (Å²) in [4.78, 5) is 4.51. The molecule has 2 aromatic carbocycles. The van der Waals surface area contributed by atoms with E-state index in [1.807, 2.05) is 30.3 Å². The molecular formula is C21H25FN2O3S. The van der Waals surface area contributed by atoms with Crippen molar-refractivity contribution in [3.63, 3.8) is 0 Å². The number of hydrogen-bond donors (Lipinski definition) is 1. The number of benzene rings is 2. The number of amidine groups is 1. The van der Waals surface area contributed by atoms with Gasteiger partial charge in [0.1, 0.15) is 21.9 Å². The van der Waals surface area contributed by atoms with E-state index in [-0.39, 0.29) is 18.9 Å². The molecule has 5 nitrogen and oxygen atoms in total. The topological polar surface area (TPSA) is 81.8 Å². The maximum absolute atomic E-state index is 14.6. The monoisotopic (exact) mass is 404 g/mol. The van der Waals surface area contributed by atoms with Crippen molar-refractivity contribution < 1.29 is 17.5 Å². The lowest BCUT2D eigenvalue weighted by molar-refractivity contribution is -0.0210. The Morgan fingerprint density at radius 1 is 1.14 bits per heavy atom. The largest absolute Gasteiger partial charge is 0.386 e. The summed E-state index contributed by atoms with van der Waals surface area (Å²) < 4.78 is 44.3. The minimum absolute atomic E-state index is 0.0275. The van der Waals surface area contributed by atoms with Gasteiger partial charge in [0.15, 0.2) is 9.84 Å². The number of sulfone groups is 1. The van der Waals surface area contributed by atoms with Gasteiger partial charge < -0.3 is 10.5 Å². The quantitative estimate of drug-likeness (QED) is 0.830. The molecule has 0 fully saturated rings. The normalized spacial score (nSPS) is 28.0. The zero-order valence-corrected chi connectivity index (χ0v) is 17.0. The molecule has 3 atom stereocenters. The van der Waals surface area contributed by atoms with Crippen LogP contribution in [0.1, 0.15) is 31.4 Å². The van der Waals surface area contributed by atoms with E-state index in [1.54, 1.807) is 32.0 Å². The molecule has 1 aliphatic heterocycles. The molecule has 2 unspecified atom stereocenters. The molecule has 0 saturated carbocycles. The van der Waals surface area contributed by atoms with Crippen molar-refractivity contribution in [2.75, 3.05) is 6.26 Å². The maximum Gasteiger partial charge on any atom is 0.160 e. The number of nitrogens with two attached hydrogens (primary N) is 1. The second-order valence-electron chi connectivity index (χ2n) is 7.62. The molecule has 0 bridgehead atoms. The number of ether oxygens (including phenoxy) is 1. The summed E-state index contributed by atoms with van der Waals surface area (Å²) in [6.45, 7) is 3.53.